The Morgan fingerprint density at radius 1 is 1.43 bits per heavy atom. The highest BCUT2D eigenvalue weighted by Gasteiger charge is 2.08. The summed E-state index contributed by atoms with van der Waals surface area (Å²) in [5.74, 6) is -1.01. The minimum absolute atomic E-state index is 0.0356. The Bertz CT molecular complexity index is 306. The van der Waals surface area contributed by atoms with Crippen LogP contribution in [-0.2, 0) is 4.79 Å². The maximum Gasteiger partial charge on any atom is 0.110 e. The molecule has 3 N–H and O–H groups in total. The molecule has 0 saturated heterocycles. The average molecular weight is 193 g/mol. The third kappa shape index (κ3) is 3.18. The number of hydrogen-bond acceptors (Lipinski definition) is 2. The molecule has 0 aliphatic heterocycles. The van der Waals surface area contributed by atoms with Gasteiger partial charge in [-0.2, -0.15) is 0 Å². The fraction of sp³-hybridized carbons (Fsp3) is 0.364. The second kappa shape index (κ2) is 4.77. The predicted octanol–water partition coefficient (Wildman–Crippen LogP) is -0.192. The van der Waals surface area contributed by atoms with E-state index in [4.69, 9.17) is 0 Å². The van der Waals surface area contributed by atoms with Crippen LogP contribution in [0.4, 0.5) is 0 Å². The van der Waals surface area contributed by atoms with Crippen LogP contribution in [-0.4, -0.2) is 5.97 Å². The van der Waals surface area contributed by atoms with E-state index in [1.807, 2.05) is 31.2 Å². The lowest BCUT2D eigenvalue weighted by atomic mass is 10.0. The van der Waals surface area contributed by atoms with Crippen molar-refractivity contribution in [2.45, 2.75) is 25.8 Å². The maximum atomic E-state index is 10.3. The van der Waals surface area contributed by atoms with Gasteiger partial charge in [0, 0.05) is 18.0 Å². The van der Waals surface area contributed by atoms with Crippen LogP contribution in [0.1, 0.15) is 30.0 Å². The molecule has 0 spiro atoms. The number of hydrogen-bond donors (Lipinski definition) is 1. The van der Waals surface area contributed by atoms with Crippen LogP contribution in [0.5, 0.6) is 0 Å². The first kappa shape index (κ1) is 10.7. The molecule has 3 heteroatoms. The zero-order valence-electron chi connectivity index (χ0n) is 8.32. The molecule has 1 rings (SSSR count). The van der Waals surface area contributed by atoms with Crippen molar-refractivity contribution in [2.24, 2.45) is 0 Å². The van der Waals surface area contributed by atoms with E-state index in [9.17, 15) is 9.90 Å². The lowest BCUT2D eigenvalue weighted by Gasteiger charge is -2.09. The Morgan fingerprint density at radius 3 is 2.50 bits per heavy atom. The SMILES string of the molecule is Cc1ccc([C@@H]([NH3+])CCC(=O)[O-])cc1. The second-order valence-corrected chi connectivity index (χ2v) is 3.52. The zero-order valence-corrected chi connectivity index (χ0v) is 8.32. The Hall–Kier alpha value is -1.35. The minimum atomic E-state index is -1.01. The van der Waals surface area contributed by atoms with Gasteiger partial charge in [-0.15, -0.1) is 0 Å². The fourth-order valence-electron chi connectivity index (χ4n) is 1.30. The highest BCUT2D eigenvalue weighted by Crippen LogP contribution is 2.14. The van der Waals surface area contributed by atoms with Crippen LogP contribution in [0.2, 0.25) is 0 Å². The van der Waals surface area contributed by atoms with Gasteiger partial charge in [-0.3, -0.25) is 0 Å². The number of aryl methyl sites for hydroxylation is 1. The smallest absolute Gasteiger partial charge is 0.110 e. The summed E-state index contributed by atoms with van der Waals surface area (Å²) < 4.78 is 0. The minimum Gasteiger partial charge on any atom is -0.550 e. The second-order valence-electron chi connectivity index (χ2n) is 3.52. The van der Waals surface area contributed by atoms with Gasteiger partial charge in [0.15, 0.2) is 0 Å². The molecule has 0 amide bonds. The summed E-state index contributed by atoms with van der Waals surface area (Å²) in [4.78, 5) is 10.3. The topological polar surface area (TPSA) is 67.8 Å². The average Bonchev–Trinajstić information content (AvgIpc) is 2.15. The van der Waals surface area contributed by atoms with E-state index in [1.165, 1.54) is 5.56 Å². The molecule has 0 radical (unpaired) electrons. The zero-order chi connectivity index (χ0) is 10.6. The Morgan fingerprint density at radius 2 is 2.00 bits per heavy atom. The van der Waals surface area contributed by atoms with Crippen LogP contribution in [0.3, 0.4) is 0 Å². The number of aliphatic carboxylic acids is 1. The van der Waals surface area contributed by atoms with Crippen LogP contribution in [0.15, 0.2) is 24.3 Å². The molecule has 0 heterocycles. The summed E-state index contributed by atoms with van der Waals surface area (Å²) in [5, 5.41) is 10.3. The number of carboxylic acids is 1. The molecular formula is C11H15NO2. The Kier molecular flexibility index (Phi) is 3.65. The van der Waals surface area contributed by atoms with Crippen molar-refractivity contribution in [3.8, 4) is 0 Å². The van der Waals surface area contributed by atoms with Gasteiger partial charge in [0.05, 0.1) is 0 Å². The van der Waals surface area contributed by atoms with E-state index in [0.717, 1.165) is 5.56 Å². The van der Waals surface area contributed by atoms with Gasteiger partial charge in [0.2, 0.25) is 0 Å². The van der Waals surface area contributed by atoms with Gasteiger partial charge in [0.1, 0.15) is 6.04 Å². The molecule has 1 atom stereocenters. The summed E-state index contributed by atoms with van der Waals surface area (Å²) in [7, 11) is 0. The lowest BCUT2D eigenvalue weighted by molar-refractivity contribution is -0.428. The first-order valence-corrected chi connectivity index (χ1v) is 4.69. The summed E-state index contributed by atoms with van der Waals surface area (Å²) in [6.45, 7) is 2.02. The third-order valence-corrected chi connectivity index (χ3v) is 2.25. The van der Waals surface area contributed by atoms with E-state index >= 15 is 0 Å². The third-order valence-electron chi connectivity index (χ3n) is 2.25. The summed E-state index contributed by atoms with van der Waals surface area (Å²) in [6, 6.07) is 8.03. The molecule has 0 bridgehead atoms. The lowest BCUT2D eigenvalue weighted by Crippen LogP contribution is -2.53. The molecule has 0 saturated carbocycles. The monoisotopic (exact) mass is 193 g/mol. The standard InChI is InChI=1S/C11H15NO2/c1-8-2-4-9(5-3-8)10(12)6-7-11(13)14/h2-5,10H,6-7,12H2,1H3,(H,13,14)/t10-/m0/s1. The van der Waals surface area contributed by atoms with Crippen LogP contribution < -0.4 is 10.8 Å². The largest absolute Gasteiger partial charge is 0.550 e. The number of rotatable bonds is 4. The molecule has 0 aliphatic carbocycles. The van der Waals surface area contributed by atoms with E-state index in [1.54, 1.807) is 0 Å². The highest BCUT2D eigenvalue weighted by molar-refractivity contribution is 5.64. The molecule has 0 fully saturated rings. The maximum absolute atomic E-state index is 10.3. The number of quaternary nitrogens is 1. The van der Waals surface area contributed by atoms with E-state index < -0.39 is 5.97 Å². The Labute approximate surface area is 83.6 Å². The molecule has 1 aromatic rings. The van der Waals surface area contributed by atoms with Gasteiger partial charge in [0.25, 0.3) is 0 Å². The quantitative estimate of drug-likeness (QED) is 0.720. The van der Waals surface area contributed by atoms with Crippen LogP contribution >= 0.6 is 0 Å². The van der Waals surface area contributed by atoms with Crippen molar-refractivity contribution in [3.63, 3.8) is 0 Å². The fourth-order valence-corrected chi connectivity index (χ4v) is 1.30. The molecular weight excluding hydrogens is 178 g/mol. The van der Waals surface area contributed by atoms with Crippen molar-refractivity contribution in [1.82, 2.24) is 0 Å². The highest BCUT2D eigenvalue weighted by atomic mass is 16.4. The van der Waals surface area contributed by atoms with E-state index in [2.05, 4.69) is 5.73 Å². The van der Waals surface area contributed by atoms with Gasteiger partial charge in [-0.05, 0) is 13.3 Å². The number of benzene rings is 1. The molecule has 76 valence electrons. The molecule has 1 aromatic carbocycles. The summed E-state index contributed by atoms with van der Waals surface area (Å²) >= 11 is 0. The van der Waals surface area contributed by atoms with Crippen molar-refractivity contribution in [3.05, 3.63) is 35.4 Å². The Balaban J connectivity index is 2.56. The van der Waals surface area contributed by atoms with E-state index in [-0.39, 0.29) is 12.5 Å². The normalized spacial score (nSPS) is 12.4. The van der Waals surface area contributed by atoms with Gasteiger partial charge < -0.3 is 15.6 Å². The molecule has 0 unspecified atom stereocenters. The summed E-state index contributed by atoms with van der Waals surface area (Å²) in [6.07, 6.45) is 0.605. The van der Waals surface area contributed by atoms with Crippen molar-refractivity contribution >= 4 is 5.97 Å². The summed E-state index contributed by atoms with van der Waals surface area (Å²) in [5.41, 5.74) is 6.19. The number of carboxylic acid groups (broad SMARTS) is 1. The molecule has 0 aliphatic rings. The van der Waals surface area contributed by atoms with Crippen LogP contribution in [0, 0.1) is 6.92 Å². The van der Waals surface area contributed by atoms with Crippen molar-refractivity contribution in [1.29, 1.82) is 0 Å². The number of carbonyl (C=O) groups is 1. The molecule has 14 heavy (non-hydrogen) atoms. The van der Waals surface area contributed by atoms with Gasteiger partial charge in [-0.25, -0.2) is 0 Å². The first-order valence-electron chi connectivity index (χ1n) is 4.69. The first-order chi connectivity index (χ1) is 6.59. The van der Waals surface area contributed by atoms with Crippen molar-refractivity contribution in [2.75, 3.05) is 0 Å². The molecule has 3 nitrogen and oxygen atoms in total. The molecule has 0 aromatic heterocycles. The number of carbonyl (C=O) groups excluding carboxylic acids is 1. The van der Waals surface area contributed by atoms with Gasteiger partial charge >= 0.3 is 0 Å². The van der Waals surface area contributed by atoms with Crippen molar-refractivity contribution < 1.29 is 15.6 Å². The van der Waals surface area contributed by atoms with Gasteiger partial charge in [-0.1, -0.05) is 29.8 Å². The van der Waals surface area contributed by atoms with E-state index in [0.29, 0.717) is 6.42 Å². The predicted molar refractivity (Wildman–Crippen MR) is 51.0 cm³/mol. The van der Waals surface area contributed by atoms with Crippen LogP contribution in [0.25, 0.3) is 0 Å².